The molecule has 0 radical (unpaired) electrons. The first-order valence-electron chi connectivity index (χ1n) is 3.97. The summed E-state index contributed by atoms with van der Waals surface area (Å²) in [6.45, 7) is 5.07. The lowest BCUT2D eigenvalue weighted by molar-refractivity contribution is -0.119. The maximum atomic E-state index is 11.3. The third-order valence-corrected chi connectivity index (χ3v) is 1.65. The van der Waals surface area contributed by atoms with E-state index < -0.39 is 5.92 Å². The summed E-state index contributed by atoms with van der Waals surface area (Å²) in [5.74, 6) is -0.600. The summed E-state index contributed by atoms with van der Waals surface area (Å²) >= 11 is 0. The Morgan fingerprint density at radius 3 is 2.69 bits per heavy atom. The van der Waals surface area contributed by atoms with Crippen LogP contribution in [0, 0.1) is 5.92 Å². The molecule has 1 unspecified atom stereocenters. The second-order valence-corrected chi connectivity index (χ2v) is 2.79. The van der Waals surface area contributed by atoms with E-state index in [9.17, 15) is 9.59 Å². The molecule has 0 bridgehead atoms. The highest BCUT2D eigenvalue weighted by atomic mass is 16.3. The summed E-state index contributed by atoms with van der Waals surface area (Å²) < 4.78 is 0. The SMILES string of the molecule is C=C(C)C(=O)C(CCO)CN=C=O. The van der Waals surface area contributed by atoms with Crippen LogP contribution >= 0.6 is 0 Å². The van der Waals surface area contributed by atoms with E-state index in [2.05, 4.69) is 11.6 Å². The Labute approximate surface area is 77.0 Å². The van der Waals surface area contributed by atoms with Gasteiger partial charge in [0.2, 0.25) is 6.08 Å². The van der Waals surface area contributed by atoms with E-state index in [1.54, 1.807) is 6.92 Å². The average Bonchev–Trinajstić information content (AvgIpc) is 2.11. The largest absolute Gasteiger partial charge is 0.396 e. The summed E-state index contributed by atoms with van der Waals surface area (Å²) in [7, 11) is 0. The van der Waals surface area contributed by atoms with Gasteiger partial charge in [-0.25, -0.2) is 9.79 Å². The van der Waals surface area contributed by atoms with Crippen molar-refractivity contribution in [2.24, 2.45) is 10.9 Å². The number of carbonyl (C=O) groups is 1. The molecule has 72 valence electrons. The van der Waals surface area contributed by atoms with Gasteiger partial charge in [-0.15, -0.1) is 0 Å². The zero-order valence-electron chi connectivity index (χ0n) is 7.62. The molecule has 0 aliphatic rings. The van der Waals surface area contributed by atoms with Gasteiger partial charge in [0.15, 0.2) is 5.78 Å². The molecule has 0 heterocycles. The molecule has 0 fully saturated rings. The standard InChI is InChI=1S/C9H13NO3/c1-7(2)9(13)8(3-4-11)5-10-6-12/h8,11H,1,3-5H2,2H3. The zero-order valence-corrected chi connectivity index (χ0v) is 7.62. The molecule has 0 aliphatic heterocycles. The van der Waals surface area contributed by atoms with E-state index in [-0.39, 0.29) is 18.9 Å². The molecule has 0 amide bonds. The molecule has 1 atom stereocenters. The highest BCUT2D eigenvalue weighted by Crippen LogP contribution is 2.09. The Hall–Kier alpha value is -1.25. The van der Waals surface area contributed by atoms with Crippen molar-refractivity contribution >= 4 is 11.9 Å². The minimum atomic E-state index is -0.441. The van der Waals surface area contributed by atoms with Gasteiger partial charge in [-0.1, -0.05) is 6.58 Å². The van der Waals surface area contributed by atoms with Crippen molar-refractivity contribution in [2.45, 2.75) is 13.3 Å². The van der Waals surface area contributed by atoms with Crippen LogP contribution in [0.3, 0.4) is 0 Å². The predicted octanol–water partition coefficient (Wildman–Crippen LogP) is 0.466. The van der Waals surface area contributed by atoms with Gasteiger partial charge in [-0.2, -0.15) is 0 Å². The van der Waals surface area contributed by atoms with E-state index in [1.165, 1.54) is 6.08 Å². The van der Waals surface area contributed by atoms with Crippen molar-refractivity contribution in [1.82, 2.24) is 0 Å². The van der Waals surface area contributed by atoms with Crippen LogP contribution in [0.2, 0.25) is 0 Å². The topological polar surface area (TPSA) is 66.7 Å². The van der Waals surface area contributed by atoms with E-state index in [0.29, 0.717) is 12.0 Å². The van der Waals surface area contributed by atoms with E-state index in [1.807, 2.05) is 0 Å². The fraction of sp³-hybridized carbons (Fsp3) is 0.556. The number of Topliss-reactive ketones (excluding diaryl/α,β-unsaturated/α-hetero) is 1. The molecule has 0 spiro atoms. The lowest BCUT2D eigenvalue weighted by atomic mass is 9.96. The van der Waals surface area contributed by atoms with E-state index in [4.69, 9.17) is 5.11 Å². The molecular formula is C9H13NO3. The van der Waals surface area contributed by atoms with Gasteiger partial charge in [-0.3, -0.25) is 4.79 Å². The molecule has 4 heteroatoms. The van der Waals surface area contributed by atoms with Crippen LogP contribution in [-0.2, 0) is 9.59 Å². The van der Waals surface area contributed by atoms with Crippen molar-refractivity contribution in [3.8, 4) is 0 Å². The van der Waals surface area contributed by atoms with Gasteiger partial charge in [-0.05, 0) is 18.9 Å². The van der Waals surface area contributed by atoms with Crippen LogP contribution in [0.5, 0.6) is 0 Å². The first-order chi connectivity index (χ1) is 6.13. The number of hydrogen-bond acceptors (Lipinski definition) is 4. The van der Waals surface area contributed by atoms with Crippen LogP contribution in [0.25, 0.3) is 0 Å². The summed E-state index contributed by atoms with van der Waals surface area (Å²) in [6.07, 6.45) is 1.66. The number of aliphatic hydroxyl groups excluding tert-OH is 1. The minimum Gasteiger partial charge on any atom is -0.396 e. The molecule has 0 aromatic carbocycles. The number of isocyanates is 1. The molecule has 0 aromatic rings. The van der Waals surface area contributed by atoms with Gasteiger partial charge in [0.25, 0.3) is 0 Å². The third kappa shape index (κ3) is 4.35. The Kier molecular flexibility index (Phi) is 5.68. The number of hydrogen-bond donors (Lipinski definition) is 1. The Morgan fingerprint density at radius 2 is 2.31 bits per heavy atom. The first kappa shape index (κ1) is 11.8. The van der Waals surface area contributed by atoms with Crippen LogP contribution in [0.1, 0.15) is 13.3 Å². The first-order valence-corrected chi connectivity index (χ1v) is 3.97. The normalized spacial score (nSPS) is 11.5. The molecule has 0 rings (SSSR count). The molecule has 1 N–H and O–H groups in total. The number of carbonyl (C=O) groups excluding carboxylic acids is 2. The molecule has 0 aromatic heterocycles. The quantitative estimate of drug-likeness (QED) is 0.369. The van der Waals surface area contributed by atoms with E-state index in [0.717, 1.165) is 0 Å². The summed E-state index contributed by atoms with van der Waals surface area (Å²) in [4.78, 5) is 24.5. The number of aliphatic hydroxyl groups is 1. The number of ketones is 1. The third-order valence-electron chi connectivity index (χ3n) is 1.65. The van der Waals surface area contributed by atoms with Gasteiger partial charge < -0.3 is 5.11 Å². The fourth-order valence-electron chi connectivity index (χ4n) is 0.957. The summed E-state index contributed by atoms with van der Waals surface area (Å²) in [5.41, 5.74) is 0.416. The van der Waals surface area contributed by atoms with Crippen molar-refractivity contribution in [3.05, 3.63) is 12.2 Å². The van der Waals surface area contributed by atoms with Gasteiger partial charge in [0.1, 0.15) is 0 Å². The van der Waals surface area contributed by atoms with Crippen LogP contribution in [-0.4, -0.2) is 30.1 Å². The molecule has 0 aliphatic carbocycles. The molecular weight excluding hydrogens is 170 g/mol. The molecule has 0 saturated carbocycles. The number of allylic oxidation sites excluding steroid dienone is 1. The highest BCUT2D eigenvalue weighted by molar-refractivity contribution is 5.96. The highest BCUT2D eigenvalue weighted by Gasteiger charge is 2.17. The molecule has 4 nitrogen and oxygen atoms in total. The predicted molar refractivity (Wildman–Crippen MR) is 48.0 cm³/mol. The van der Waals surface area contributed by atoms with Crippen molar-refractivity contribution in [3.63, 3.8) is 0 Å². The minimum absolute atomic E-state index is 0.0791. The maximum Gasteiger partial charge on any atom is 0.234 e. The average molecular weight is 183 g/mol. The second kappa shape index (κ2) is 6.29. The fourth-order valence-corrected chi connectivity index (χ4v) is 0.957. The van der Waals surface area contributed by atoms with Crippen LogP contribution < -0.4 is 0 Å². The molecule has 13 heavy (non-hydrogen) atoms. The summed E-state index contributed by atoms with van der Waals surface area (Å²) in [5, 5.41) is 8.64. The van der Waals surface area contributed by atoms with Crippen molar-refractivity contribution in [1.29, 1.82) is 0 Å². The lowest BCUT2D eigenvalue weighted by Crippen LogP contribution is -2.19. The van der Waals surface area contributed by atoms with E-state index >= 15 is 0 Å². The Balaban J connectivity index is 4.30. The Bertz CT molecular complexity index is 241. The van der Waals surface area contributed by atoms with Crippen LogP contribution in [0.15, 0.2) is 17.1 Å². The monoisotopic (exact) mass is 183 g/mol. The van der Waals surface area contributed by atoms with Gasteiger partial charge in [0, 0.05) is 12.5 Å². The second-order valence-electron chi connectivity index (χ2n) is 2.79. The van der Waals surface area contributed by atoms with Gasteiger partial charge >= 0.3 is 0 Å². The summed E-state index contributed by atoms with van der Waals surface area (Å²) in [6, 6.07) is 0. The Morgan fingerprint density at radius 1 is 1.69 bits per heavy atom. The van der Waals surface area contributed by atoms with Gasteiger partial charge in [0.05, 0.1) is 6.54 Å². The van der Waals surface area contributed by atoms with Crippen LogP contribution in [0.4, 0.5) is 0 Å². The lowest BCUT2D eigenvalue weighted by Gasteiger charge is -2.10. The number of aliphatic imine (C=N–C) groups is 1. The smallest absolute Gasteiger partial charge is 0.234 e. The van der Waals surface area contributed by atoms with Crippen molar-refractivity contribution < 1.29 is 14.7 Å². The maximum absolute atomic E-state index is 11.3. The van der Waals surface area contributed by atoms with Crippen molar-refractivity contribution in [2.75, 3.05) is 13.2 Å². The molecule has 0 saturated heterocycles. The zero-order chi connectivity index (χ0) is 10.3. The number of nitrogens with zero attached hydrogens (tertiary/aromatic N) is 1. The number of rotatable bonds is 6.